The minimum Gasteiger partial charge on any atom is -0.390 e. The summed E-state index contributed by atoms with van der Waals surface area (Å²) in [6, 6.07) is 0. The number of Topliss-reactive ketones (excluding diaryl/α,β-unsaturated/α-hetero) is 4. The van der Waals surface area contributed by atoms with Crippen LogP contribution in [0.4, 0.5) is 0 Å². The number of hydrogen-bond acceptors (Lipinski definition) is 6. The van der Waals surface area contributed by atoms with Crippen molar-refractivity contribution < 1.29 is 29.4 Å². The van der Waals surface area contributed by atoms with E-state index in [2.05, 4.69) is 0 Å². The molecule has 17 heavy (non-hydrogen) atoms. The summed E-state index contributed by atoms with van der Waals surface area (Å²) in [4.78, 5) is 45.2. The molecule has 0 amide bonds. The Bertz CT molecular complexity index is 370. The average Bonchev–Trinajstić information content (AvgIpc) is 2.15. The first-order valence-electron chi connectivity index (χ1n) is 5.03. The van der Waals surface area contributed by atoms with Crippen LogP contribution in [-0.2, 0) is 19.2 Å². The molecule has 0 aromatic rings. The Kier molecular flexibility index (Phi) is 4.85. The van der Waals surface area contributed by atoms with Crippen LogP contribution in [0.1, 0.15) is 27.7 Å². The fourth-order valence-corrected chi connectivity index (χ4v) is 1.64. The highest BCUT2D eigenvalue weighted by atomic mass is 16.4. The molecule has 0 saturated heterocycles. The molecule has 6 heteroatoms. The van der Waals surface area contributed by atoms with Crippen molar-refractivity contribution in [2.75, 3.05) is 0 Å². The smallest absolute Gasteiger partial charge is 0.212 e. The van der Waals surface area contributed by atoms with Crippen molar-refractivity contribution >= 4 is 23.1 Å². The van der Waals surface area contributed by atoms with Crippen molar-refractivity contribution in [3.8, 4) is 0 Å². The van der Waals surface area contributed by atoms with Gasteiger partial charge in [-0.1, -0.05) is 0 Å². The third-order valence-corrected chi connectivity index (χ3v) is 2.66. The Morgan fingerprint density at radius 3 is 1.65 bits per heavy atom. The Morgan fingerprint density at radius 1 is 1.06 bits per heavy atom. The zero-order valence-electron chi connectivity index (χ0n) is 10.2. The van der Waals surface area contributed by atoms with E-state index < -0.39 is 40.8 Å². The van der Waals surface area contributed by atoms with Gasteiger partial charge in [-0.2, -0.15) is 0 Å². The van der Waals surface area contributed by atoms with Crippen LogP contribution in [0.3, 0.4) is 0 Å². The molecule has 0 bridgehead atoms. The van der Waals surface area contributed by atoms with Gasteiger partial charge in [0.25, 0.3) is 0 Å². The van der Waals surface area contributed by atoms with Gasteiger partial charge in [0.15, 0.2) is 17.2 Å². The molecule has 0 aliphatic heterocycles. The van der Waals surface area contributed by atoms with Gasteiger partial charge in [0.1, 0.15) is 11.7 Å². The Hall–Kier alpha value is -1.40. The molecule has 0 rings (SSSR count). The molecule has 0 unspecified atom stereocenters. The van der Waals surface area contributed by atoms with E-state index in [9.17, 15) is 29.4 Å². The lowest BCUT2D eigenvalue weighted by Crippen LogP contribution is -2.59. The fourth-order valence-electron chi connectivity index (χ4n) is 1.64. The zero-order valence-corrected chi connectivity index (χ0v) is 10.2. The van der Waals surface area contributed by atoms with E-state index in [-0.39, 0.29) is 0 Å². The topological polar surface area (TPSA) is 109 Å². The van der Waals surface area contributed by atoms with Crippen LogP contribution in [0.2, 0.25) is 0 Å². The minimum atomic E-state index is -2.56. The van der Waals surface area contributed by atoms with Gasteiger partial charge in [0, 0.05) is 6.92 Å². The lowest BCUT2D eigenvalue weighted by atomic mass is 9.75. The summed E-state index contributed by atoms with van der Waals surface area (Å²) in [7, 11) is 0. The molecule has 0 fully saturated rings. The standard InChI is InChI=1S/C11H16O6/c1-5(12)9(10(16)6(2)13)11(17,7(3)14)8(4)15/h7,9,14,17H,1-4H3/t7-,9-,11+/m1/s1. The lowest BCUT2D eigenvalue weighted by molar-refractivity contribution is -0.169. The van der Waals surface area contributed by atoms with Gasteiger partial charge in [0.2, 0.25) is 5.78 Å². The molecule has 0 aromatic heterocycles. The number of ketones is 4. The summed E-state index contributed by atoms with van der Waals surface area (Å²) >= 11 is 0. The highest BCUT2D eigenvalue weighted by Crippen LogP contribution is 2.25. The first kappa shape index (κ1) is 15.6. The van der Waals surface area contributed by atoms with Crippen molar-refractivity contribution in [1.29, 1.82) is 0 Å². The molecule has 0 spiro atoms. The van der Waals surface area contributed by atoms with Gasteiger partial charge in [-0.15, -0.1) is 0 Å². The molecule has 6 nitrogen and oxygen atoms in total. The van der Waals surface area contributed by atoms with Crippen LogP contribution in [0.25, 0.3) is 0 Å². The van der Waals surface area contributed by atoms with E-state index in [1.165, 1.54) is 0 Å². The van der Waals surface area contributed by atoms with Gasteiger partial charge in [-0.25, -0.2) is 0 Å². The van der Waals surface area contributed by atoms with Crippen LogP contribution in [0.5, 0.6) is 0 Å². The normalized spacial score (nSPS) is 17.8. The predicted octanol–water partition coefficient (Wildman–Crippen LogP) is -0.949. The number of carbonyl (C=O) groups excluding carboxylic acids is 4. The second-order valence-corrected chi connectivity index (χ2v) is 4.02. The van der Waals surface area contributed by atoms with Crippen LogP contribution in [-0.4, -0.2) is 45.1 Å². The van der Waals surface area contributed by atoms with Gasteiger partial charge in [-0.05, 0) is 20.8 Å². The van der Waals surface area contributed by atoms with Gasteiger partial charge in [-0.3, -0.25) is 19.2 Å². The summed E-state index contributed by atoms with van der Waals surface area (Å²) in [5, 5.41) is 19.4. The third kappa shape index (κ3) is 2.83. The second-order valence-electron chi connectivity index (χ2n) is 4.02. The van der Waals surface area contributed by atoms with Crippen molar-refractivity contribution in [2.45, 2.75) is 39.4 Å². The van der Waals surface area contributed by atoms with Gasteiger partial charge < -0.3 is 10.2 Å². The zero-order chi connectivity index (χ0) is 14.0. The van der Waals surface area contributed by atoms with Crippen molar-refractivity contribution in [1.82, 2.24) is 0 Å². The number of rotatable bonds is 6. The van der Waals surface area contributed by atoms with Crippen LogP contribution >= 0.6 is 0 Å². The average molecular weight is 244 g/mol. The second kappa shape index (κ2) is 5.29. The maximum Gasteiger partial charge on any atom is 0.212 e. The minimum absolute atomic E-state index is 0.844. The number of aliphatic hydroxyl groups is 2. The molecular formula is C11H16O6. The van der Waals surface area contributed by atoms with E-state index in [4.69, 9.17) is 0 Å². The molecule has 96 valence electrons. The lowest BCUT2D eigenvalue weighted by Gasteiger charge is -2.33. The highest BCUT2D eigenvalue weighted by Gasteiger charge is 2.52. The number of hydrogen-bond donors (Lipinski definition) is 2. The van der Waals surface area contributed by atoms with E-state index in [1.807, 2.05) is 0 Å². The Balaban J connectivity index is 5.74. The quantitative estimate of drug-likeness (QED) is 0.460. The first-order valence-corrected chi connectivity index (χ1v) is 5.03. The summed E-state index contributed by atoms with van der Waals surface area (Å²) in [5.41, 5.74) is -2.56. The molecule has 0 aliphatic carbocycles. The molecule has 0 heterocycles. The summed E-state index contributed by atoms with van der Waals surface area (Å²) < 4.78 is 0. The molecule has 0 saturated carbocycles. The molecule has 0 radical (unpaired) electrons. The van der Waals surface area contributed by atoms with E-state index in [0.29, 0.717) is 0 Å². The SMILES string of the molecule is CC(=O)C(=O)[C@@H](C(C)=O)[C@@](O)(C(C)=O)[C@@H](C)O. The maximum absolute atomic E-state index is 11.5. The number of aliphatic hydroxyl groups excluding tert-OH is 1. The van der Waals surface area contributed by atoms with Crippen molar-refractivity contribution in [2.24, 2.45) is 5.92 Å². The van der Waals surface area contributed by atoms with Crippen molar-refractivity contribution in [3.05, 3.63) is 0 Å². The van der Waals surface area contributed by atoms with Crippen LogP contribution in [0, 0.1) is 5.92 Å². The van der Waals surface area contributed by atoms with E-state index in [1.54, 1.807) is 0 Å². The van der Waals surface area contributed by atoms with Crippen LogP contribution < -0.4 is 0 Å². The highest BCUT2D eigenvalue weighted by molar-refractivity contribution is 6.41. The summed E-state index contributed by atoms with van der Waals surface area (Å²) in [6.07, 6.45) is -1.64. The number of carbonyl (C=O) groups is 4. The van der Waals surface area contributed by atoms with E-state index in [0.717, 1.165) is 27.7 Å². The third-order valence-electron chi connectivity index (χ3n) is 2.66. The first-order chi connectivity index (χ1) is 7.56. The Labute approximate surface area is 98.6 Å². The molecule has 0 aromatic carbocycles. The fraction of sp³-hybridized carbons (Fsp3) is 0.636. The molecular weight excluding hydrogens is 228 g/mol. The molecule has 0 aliphatic rings. The molecule has 2 N–H and O–H groups in total. The maximum atomic E-state index is 11.5. The van der Waals surface area contributed by atoms with Gasteiger partial charge >= 0.3 is 0 Å². The van der Waals surface area contributed by atoms with Crippen LogP contribution in [0.15, 0.2) is 0 Å². The predicted molar refractivity (Wildman–Crippen MR) is 57.2 cm³/mol. The summed E-state index contributed by atoms with van der Waals surface area (Å²) in [5.74, 6) is -5.79. The van der Waals surface area contributed by atoms with Crippen molar-refractivity contribution in [3.63, 3.8) is 0 Å². The Morgan fingerprint density at radius 2 is 1.47 bits per heavy atom. The largest absolute Gasteiger partial charge is 0.390 e. The molecule has 3 atom stereocenters. The van der Waals surface area contributed by atoms with E-state index >= 15 is 0 Å². The monoisotopic (exact) mass is 244 g/mol. The summed E-state index contributed by atoms with van der Waals surface area (Å²) in [6.45, 7) is 3.92. The van der Waals surface area contributed by atoms with Gasteiger partial charge in [0.05, 0.1) is 6.10 Å².